The molecule has 1 aromatic rings. The number of halogens is 1. The minimum Gasteiger partial charge on any atom is -0.324 e. The lowest BCUT2D eigenvalue weighted by Crippen LogP contribution is -2.48. The van der Waals surface area contributed by atoms with Crippen LogP contribution in [0.25, 0.3) is 0 Å². The number of aromatic nitrogens is 1. The van der Waals surface area contributed by atoms with Crippen LogP contribution in [-0.4, -0.2) is 24.0 Å². The van der Waals surface area contributed by atoms with Gasteiger partial charge in [-0.3, -0.25) is 4.79 Å². The molecule has 2 N–H and O–H groups in total. The molecule has 1 saturated heterocycles. The minimum atomic E-state index is 0.0197. The third-order valence-electron chi connectivity index (χ3n) is 3.24. The lowest BCUT2D eigenvalue weighted by molar-refractivity contribution is -0.121. The molecule has 1 fully saturated rings. The highest BCUT2D eigenvalue weighted by atomic mass is 35.5. The van der Waals surface area contributed by atoms with Gasteiger partial charge in [-0.1, -0.05) is 18.5 Å². The molecule has 1 unspecified atom stereocenters. The van der Waals surface area contributed by atoms with Crippen LogP contribution >= 0.6 is 11.6 Å². The van der Waals surface area contributed by atoms with Gasteiger partial charge in [0.1, 0.15) is 5.15 Å². The number of nitrogens with zero attached hydrogens (tertiary/aromatic N) is 1. The van der Waals surface area contributed by atoms with Gasteiger partial charge in [-0.15, -0.1) is 0 Å². The lowest BCUT2D eigenvalue weighted by Gasteiger charge is -2.31. The van der Waals surface area contributed by atoms with E-state index in [0.717, 1.165) is 24.5 Å². The van der Waals surface area contributed by atoms with Crippen LogP contribution in [0.3, 0.4) is 0 Å². The summed E-state index contributed by atoms with van der Waals surface area (Å²) >= 11 is 5.77. The van der Waals surface area contributed by atoms with Crippen LogP contribution in [-0.2, 0) is 4.79 Å². The van der Waals surface area contributed by atoms with Gasteiger partial charge in [-0.05, 0) is 38.1 Å². The fourth-order valence-electron chi connectivity index (χ4n) is 1.79. The van der Waals surface area contributed by atoms with Crippen LogP contribution in [0.4, 0.5) is 5.69 Å². The van der Waals surface area contributed by atoms with Crippen molar-refractivity contribution in [2.24, 2.45) is 11.8 Å². The first-order valence-electron chi connectivity index (χ1n) is 5.72. The Bertz CT molecular complexity index is 432. The number of pyridine rings is 1. The Labute approximate surface area is 106 Å². The second-order valence-corrected chi connectivity index (χ2v) is 4.85. The van der Waals surface area contributed by atoms with E-state index in [9.17, 15) is 4.79 Å². The SMILES string of the molecule is Cc1nc(Cl)ccc1NC(=O)C(C)C1CNC1. The number of aryl methyl sites for hydroxylation is 1. The lowest BCUT2D eigenvalue weighted by atomic mass is 9.88. The Morgan fingerprint density at radius 1 is 1.59 bits per heavy atom. The molecule has 92 valence electrons. The number of hydrogen-bond acceptors (Lipinski definition) is 3. The fourth-order valence-corrected chi connectivity index (χ4v) is 1.98. The third kappa shape index (κ3) is 2.76. The standard InChI is InChI=1S/C12H16ClN3O/c1-7(9-5-14-6-9)12(17)16-10-3-4-11(13)15-8(10)2/h3-4,7,9,14H,5-6H2,1-2H3,(H,16,17). The number of carbonyl (C=O) groups is 1. The zero-order valence-corrected chi connectivity index (χ0v) is 10.7. The molecule has 1 atom stereocenters. The van der Waals surface area contributed by atoms with Crippen LogP contribution in [0.5, 0.6) is 0 Å². The summed E-state index contributed by atoms with van der Waals surface area (Å²) in [6, 6.07) is 3.47. The number of nitrogens with one attached hydrogen (secondary N) is 2. The molecule has 0 aliphatic carbocycles. The summed E-state index contributed by atoms with van der Waals surface area (Å²) in [4.78, 5) is 16.1. The van der Waals surface area contributed by atoms with Gasteiger partial charge in [0.25, 0.3) is 0 Å². The van der Waals surface area contributed by atoms with Crippen LogP contribution in [0.15, 0.2) is 12.1 Å². The number of amides is 1. The highest BCUT2D eigenvalue weighted by Crippen LogP contribution is 2.20. The smallest absolute Gasteiger partial charge is 0.227 e. The van der Waals surface area contributed by atoms with Gasteiger partial charge in [0.05, 0.1) is 11.4 Å². The molecule has 0 spiro atoms. The first kappa shape index (κ1) is 12.3. The van der Waals surface area contributed by atoms with Crippen LogP contribution in [0.1, 0.15) is 12.6 Å². The Balaban J connectivity index is 2.02. The van der Waals surface area contributed by atoms with E-state index < -0.39 is 0 Å². The zero-order chi connectivity index (χ0) is 12.4. The van der Waals surface area contributed by atoms with Crippen LogP contribution in [0, 0.1) is 18.8 Å². The summed E-state index contributed by atoms with van der Waals surface area (Å²) in [5.41, 5.74) is 1.48. The average Bonchev–Trinajstić information content (AvgIpc) is 2.19. The van der Waals surface area contributed by atoms with Gasteiger partial charge in [0.2, 0.25) is 5.91 Å². The maximum absolute atomic E-state index is 12.0. The predicted octanol–water partition coefficient (Wildman–Crippen LogP) is 1.84. The van der Waals surface area contributed by atoms with Gasteiger partial charge in [0, 0.05) is 5.92 Å². The second kappa shape index (κ2) is 5.02. The summed E-state index contributed by atoms with van der Waals surface area (Å²) < 4.78 is 0. The predicted molar refractivity (Wildman–Crippen MR) is 68.1 cm³/mol. The first-order chi connectivity index (χ1) is 8.08. The molecule has 2 rings (SSSR count). The van der Waals surface area contributed by atoms with E-state index in [2.05, 4.69) is 15.6 Å². The molecule has 0 radical (unpaired) electrons. The van der Waals surface area contributed by atoms with Gasteiger partial charge in [0.15, 0.2) is 0 Å². The van der Waals surface area contributed by atoms with Gasteiger partial charge in [-0.2, -0.15) is 0 Å². The zero-order valence-electron chi connectivity index (χ0n) is 9.96. The molecule has 17 heavy (non-hydrogen) atoms. The molecule has 1 aromatic heterocycles. The molecule has 0 aromatic carbocycles. The Kier molecular flexibility index (Phi) is 3.64. The monoisotopic (exact) mass is 253 g/mol. The molecule has 0 saturated carbocycles. The Morgan fingerprint density at radius 3 is 2.82 bits per heavy atom. The largest absolute Gasteiger partial charge is 0.324 e. The van der Waals surface area contributed by atoms with E-state index in [1.165, 1.54) is 0 Å². The summed E-state index contributed by atoms with van der Waals surface area (Å²) in [6.07, 6.45) is 0. The first-order valence-corrected chi connectivity index (χ1v) is 6.10. The van der Waals surface area contributed by atoms with Gasteiger partial charge in [-0.25, -0.2) is 4.98 Å². The van der Waals surface area contributed by atoms with Crippen molar-refractivity contribution in [3.05, 3.63) is 23.0 Å². The number of anilines is 1. The number of rotatable bonds is 3. The van der Waals surface area contributed by atoms with Crippen molar-refractivity contribution in [1.82, 2.24) is 10.3 Å². The molecule has 1 aliphatic heterocycles. The van der Waals surface area contributed by atoms with Crippen molar-refractivity contribution in [3.63, 3.8) is 0 Å². The third-order valence-corrected chi connectivity index (χ3v) is 3.45. The van der Waals surface area contributed by atoms with Crippen molar-refractivity contribution in [3.8, 4) is 0 Å². The Hall–Kier alpha value is -1.13. The van der Waals surface area contributed by atoms with Crippen molar-refractivity contribution in [1.29, 1.82) is 0 Å². The summed E-state index contributed by atoms with van der Waals surface area (Å²) in [7, 11) is 0. The highest BCUT2D eigenvalue weighted by molar-refractivity contribution is 6.29. The van der Waals surface area contributed by atoms with E-state index in [4.69, 9.17) is 11.6 Å². The van der Waals surface area contributed by atoms with Gasteiger partial charge < -0.3 is 10.6 Å². The van der Waals surface area contributed by atoms with E-state index in [-0.39, 0.29) is 11.8 Å². The molecule has 4 nitrogen and oxygen atoms in total. The maximum atomic E-state index is 12.0. The van der Waals surface area contributed by atoms with Crippen LogP contribution < -0.4 is 10.6 Å². The molecule has 1 amide bonds. The summed E-state index contributed by atoms with van der Waals surface area (Å²) in [6.45, 7) is 5.63. The van der Waals surface area contributed by atoms with Crippen molar-refractivity contribution >= 4 is 23.2 Å². The van der Waals surface area contributed by atoms with E-state index >= 15 is 0 Å². The fraction of sp³-hybridized carbons (Fsp3) is 0.500. The van der Waals surface area contributed by atoms with Crippen molar-refractivity contribution in [2.45, 2.75) is 13.8 Å². The summed E-state index contributed by atoms with van der Waals surface area (Å²) in [5.74, 6) is 0.505. The second-order valence-electron chi connectivity index (χ2n) is 4.46. The Morgan fingerprint density at radius 2 is 2.29 bits per heavy atom. The van der Waals surface area contributed by atoms with E-state index in [1.54, 1.807) is 12.1 Å². The number of carbonyl (C=O) groups excluding carboxylic acids is 1. The molecule has 1 aliphatic rings. The molecular formula is C12H16ClN3O. The van der Waals surface area contributed by atoms with E-state index in [0.29, 0.717) is 11.1 Å². The van der Waals surface area contributed by atoms with Gasteiger partial charge >= 0.3 is 0 Å². The topological polar surface area (TPSA) is 54.0 Å². The minimum absolute atomic E-state index is 0.0197. The molecule has 2 heterocycles. The molecule has 5 heteroatoms. The molecule has 0 bridgehead atoms. The average molecular weight is 254 g/mol. The number of hydrogen-bond donors (Lipinski definition) is 2. The van der Waals surface area contributed by atoms with Crippen LogP contribution in [0.2, 0.25) is 5.15 Å². The van der Waals surface area contributed by atoms with Crippen molar-refractivity contribution < 1.29 is 4.79 Å². The highest BCUT2D eigenvalue weighted by Gasteiger charge is 2.28. The van der Waals surface area contributed by atoms with Crippen molar-refractivity contribution in [2.75, 3.05) is 18.4 Å². The maximum Gasteiger partial charge on any atom is 0.227 e. The normalized spacial score (nSPS) is 17.4. The summed E-state index contributed by atoms with van der Waals surface area (Å²) in [5, 5.41) is 6.51. The quantitative estimate of drug-likeness (QED) is 0.809. The van der Waals surface area contributed by atoms with E-state index in [1.807, 2.05) is 13.8 Å². The molecular weight excluding hydrogens is 238 g/mol.